The molecular formula is C22H26N2O3. The monoisotopic (exact) mass is 366 g/mol. The predicted octanol–water partition coefficient (Wildman–Crippen LogP) is 4.84. The molecule has 0 saturated carbocycles. The highest BCUT2D eigenvalue weighted by Gasteiger charge is 2.09. The maximum Gasteiger partial charge on any atom is 0.212 e. The first-order valence-electron chi connectivity index (χ1n) is 9.44. The minimum atomic E-state index is -0.465. The van der Waals surface area contributed by atoms with Gasteiger partial charge in [-0.1, -0.05) is 38.3 Å². The number of aliphatic hydroxyl groups excluding tert-OH is 1. The molecule has 0 aliphatic rings. The van der Waals surface area contributed by atoms with Crippen LogP contribution in [0.15, 0.2) is 42.5 Å². The molecule has 2 N–H and O–H groups in total. The first-order chi connectivity index (χ1) is 13.1. The minimum Gasteiger partial charge on any atom is -0.493 e. The average molecular weight is 366 g/mol. The van der Waals surface area contributed by atoms with Crippen molar-refractivity contribution in [1.29, 1.82) is 0 Å². The number of aromatic hydroxyl groups is 1. The summed E-state index contributed by atoms with van der Waals surface area (Å²) in [6.07, 6.45) is 3.58. The van der Waals surface area contributed by atoms with Crippen LogP contribution in [0.1, 0.15) is 55.5 Å². The maximum atomic E-state index is 10.3. The summed E-state index contributed by atoms with van der Waals surface area (Å²) in [6.45, 7) is 4.43. The third kappa shape index (κ3) is 4.95. The van der Waals surface area contributed by atoms with E-state index in [0.717, 1.165) is 47.9 Å². The van der Waals surface area contributed by atoms with Crippen LogP contribution in [0.5, 0.6) is 11.6 Å². The van der Waals surface area contributed by atoms with Crippen molar-refractivity contribution in [3.63, 3.8) is 0 Å². The van der Waals surface area contributed by atoms with Crippen molar-refractivity contribution in [1.82, 2.24) is 9.97 Å². The lowest BCUT2D eigenvalue weighted by molar-refractivity contribution is 0.163. The molecule has 142 valence electrons. The molecule has 0 aliphatic heterocycles. The Morgan fingerprint density at radius 1 is 1.07 bits per heavy atom. The minimum absolute atomic E-state index is 0.0442. The molecule has 0 amide bonds. The van der Waals surface area contributed by atoms with Gasteiger partial charge in [-0.3, -0.25) is 0 Å². The summed E-state index contributed by atoms with van der Waals surface area (Å²) in [5.41, 5.74) is 3.16. The van der Waals surface area contributed by atoms with Gasteiger partial charge in [-0.15, -0.1) is 0 Å². The van der Waals surface area contributed by atoms with Crippen molar-refractivity contribution in [3.8, 4) is 11.6 Å². The highest BCUT2D eigenvalue weighted by Crippen LogP contribution is 2.25. The van der Waals surface area contributed by atoms with E-state index >= 15 is 0 Å². The Morgan fingerprint density at radius 2 is 1.93 bits per heavy atom. The standard InChI is InChI=1S/C22H26N2O3/c1-3-4-5-9-20(25)16-7-6-8-18(13-16)27-14-17-12-15(2)19-10-11-21(26)24-22(19)23-17/h6-8,10-13,20,25H,3-5,9,14H2,1-2H3,(H,23,24,26). The van der Waals surface area contributed by atoms with Gasteiger partial charge in [0.25, 0.3) is 0 Å². The largest absolute Gasteiger partial charge is 0.493 e. The Morgan fingerprint density at radius 3 is 2.74 bits per heavy atom. The molecule has 0 saturated heterocycles. The lowest BCUT2D eigenvalue weighted by Crippen LogP contribution is -2.02. The summed E-state index contributed by atoms with van der Waals surface area (Å²) >= 11 is 0. The number of hydrogen-bond donors (Lipinski definition) is 2. The molecule has 0 radical (unpaired) electrons. The molecule has 2 heterocycles. The van der Waals surface area contributed by atoms with Gasteiger partial charge in [-0.25, -0.2) is 4.98 Å². The van der Waals surface area contributed by atoms with Gasteiger partial charge in [0.2, 0.25) is 5.88 Å². The molecule has 5 heteroatoms. The van der Waals surface area contributed by atoms with Crippen molar-refractivity contribution >= 4 is 11.0 Å². The van der Waals surface area contributed by atoms with Crippen LogP contribution < -0.4 is 4.74 Å². The van der Waals surface area contributed by atoms with Gasteiger partial charge >= 0.3 is 0 Å². The number of rotatable bonds is 8. The maximum absolute atomic E-state index is 10.3. The van der Waals surface area contributed by atoms with Gasteiger partial charge in [0.15, 0.2) is 5.65 Å². The van der Waals surface area contributed by atoms with E-state index in [4.69, 9.17) is 4.74 Å². The highest BCUT2D eigenvalue weighted by molar-refractivity contribution is 5.79. The molecule has 3 aromatic rings. The van der Waals surface area contributed by atoms with Gasteiger partial charge in [0.1, 0.15) is 12.4 Å². The van der Waals surface area contributed by atoms with Crippen molar-refractivity contribution in [2.45, 2.75) is 52.2 Å². The lowest BCUT2D eigenvalue weighted by Gasteiger charge is -2.13. The van der Waals surface area contributed by atoms with Crippen LogP contribution in [0.3, 0.4) is 0 Å². The molecule has 2 aromatic heterocycles. The second-order valence-corrected chi connectivity index (χ2v) is 6.84. The van der Waals surface area contributed by atoms with E-state index < -0.39 is 6.10 Å². The number of pyridine rings is 2. The second-order valence-electron chi connectivity index (χ2n) is 6.84. The number of ether oxygens (including phenoxy) is 1. The van der Waals surface area contributed by atoms with Gasteiger partial charge in [-0.2, -0.15) is 4.98 Å². The van der Waals surface area contributed by atoms with Gasteiger partial charge in [0, 0.05) is 11.5 Å². The fourth-order valence-electron chi connectivity index (χ4n) is 3.12. The fourth-order valence-corrected chi connectivity index (χ4v) is 3.12. The van der Waals surface area contributed by atoms with Crippen LogP contribution in [-0.4, -0.2) is 20.2 Å². The number of nitrogens with zero attached hydrogens (tertiary/aromatic N) is 2. The molecule has 0 aliphatic carbocycles. The zero-order valence-electron chi connectivity index (χ0n) is 15.9. The highest BCUT2D eigenvalue weighted by atomic mass is 16.5. The van der Waals surface area contributed by atoms with Crippen molar-refractivity contribution in [2.75, 3.05) is 0 Å². The molecule has 3 rings (SSSR count). The van der Waals surface area contributed by atoms with Crippen LogP contribution >= 0.6 is 0 Å². The van der Waals surface area contributed by atoms with Crippen LogP contribution in [-0.2, 0) is 6.61 Å². The van der Waals surface area contributed by atoms with E-state index in [0.29, 0.717) is 18.0 Å². The molecular weight excluding hydrogens is 340 g/mol. The Kier molecular flexibility index (Phi) is 6.24. The van der Waals surface area contributed by atoms with Crippen molar-refractivity contribution in [3.05, 3.63) is 59.3 Å². The molecule has 0 spiro atoms. The summed E-state index contributed by atoms with van der Waals surface area (Å²) in [7, 11) is 0. The van der Waals surface area contributed by atoms with Crippen molar-refractivity contribution < 1.29 is 14.9 Å². The molecule has 5 nitrogen and oxygen atoms in total. The van der Waals surface area contributed by atoms with Crippen LogP contribution in [0.2, 0.25) is 0 Å². The first kappa shape index (κ1) is 19.1. The molecule has 0 bridgehead atoms. The normalized spacial score (nSPS) is 12.3. The van der Waals surface area contributed by atoms with E-state index in [2.05, 4.69) is 16.9 Å². The Balaban J connectivity index is 1.69. The Bertz CT molecular complexity index is 911. The summed E-state index contributed by atoms with van der Waals surface area (Å²) in [5, 5.41) is 20.8. The van der Waals surface area contributed by atoms with E-state index in [1.165, 1.54) is 0 Å². The van der Waals surface area contributed by atoms with Gasteiger partial charge in [0.05, 0.1) is 11.8 Å². The van der Waals surface area contributed by atoms with Gasteiger partial charge < -0.3 is 14.9 Å². The number of benzene rings is 1. The van der Waals surface area contributed by atoms with E-state index in [9.17, 15) is 10.2 Å². The smallest absolute Gasteiger partial charge is 0.212 e. The summed E-state index contributed by atoms with van der Waals surface area (Å²) < 4.78 is 5.88. The van der Waals surface area contributed by atoms with E-state index in [-0.39, 0.29) is 5.88 Å². The SMILES string of the molecule is CCCCCC(O)c1cccc(OCc2cc(C)c3ccc(O)nc3n2)c1. The Labute approximate surface area is 159 Å². The summed E-state index contributed by atoms with van der Waals surface area (Å²) in [5.74, 6) is 0.655. The quantitative estimate of drug-likeness (QED) is 0.558. The van der Waals surface area contributed by atoms with Gasteiger partial charge in [-0.05, 0) is 48.7 Å². The number of aryl methyl sites for hydroxylation is 1. The molecule has 1 aromatic carbocycles. The van der Waals surface area contributed by atoms with E-state index in [1.54, 1.807) is 6.07 Å². The number of aliphatic hydroxyl groups is 1. The fraction of sp³-hybridized carbons (Fsp3) is 0.364. The predicted molar refractivity (Wildman–Crippen MR) is 106 cm³/mol. The topological polar surface area (TPSA) is 75.5 Å². The van der Waals surface area contributed by atoms with Crippen LogP contribution in [0.4, 0.5) is 0 Å². The Hall–Kier alpha value is -2.66. The zero-order chi connectivity index (χ0) is 19.2. The third-order valence-electron chi connectivity index (χ3n) is 4.63. The number of unbranched alkanes of at least 4 members (excludes halogenated alkanes) is 2. The molecule has 27 heavy (non-hydrogen) atoms. The van der Waals surface area contributed by atoms with Crippen LogP contribution in [0.25, 0.3) is 11.0 Å². The lowest BCUT2D eigenvalue weighted by atomic mass is 10.0. The first-order valence-corrected chi connectivity index (χ1v) is 9.44. The molecule has 1 atom stereocenters. The molecule has 0 fully saturated rings. The second kappa shape index (κ2) is 8.82. The number of aromatic nitrogens is 2. The third-order valence-corrected chi connectivity index (χ3v) is 4.63. The summed E-state index contributed by atoms with van der Waals surface area (Å²) in [4.78, 5) is 8.55. The number of fused-ring (bicyclic) bond motifs is 1. The van der Waals surface area contributed by atoms with E-state index in [1.807, 2.05) is 43.3 Å². The average Bonchev–Trinajstić information content (AvgIpc) is 2.66. The van der Waals surface area contributed by atoms with Crippen LogP contribution in [0, 0.1) is 6.92 Å². The zero-order valence-corrected chi connectivity index (χ0v) is 15.9. The summed E-state index contributed by atoms with van der Waals surface area (Å²) in [6, 6.07) is 12.9. The number of hydrogen-bond acceptors (Lipinski definition) is 5. The molecule has 1 unspecified atom stereocenters. The van der Waals surface area contributed by atoms with Crippen molar-refractivity contribution in [2.24, 2.45) is 0 Å².